The zero-order valence-corrected chi connectivity index (χ0v) is 21.8. The van der Waals surface area contributed by atoms with Crippen LogP contribution in [0.5, 0.6) is 5.88 Å². The molecule has 1 aromatic heterocycles. The number of nitrogens with two attached hydrogens (primary N) is 1. The summed E-state index contributed by atoms with van der Waals surface area (Å²) in [6.45, 7) is 19.9. The molecule has 1 unspecified atom stereocenters. The summed E-state index contributed by atoms with van der Waals surface area (Å²) in [5.74, 6) is 0.483. The van der Waals surface area contributed by atoms with E-state index in [1.807, 2.05) is 69.2 Å². The molecule has 2 rings (SSSR count). The van der Waals surface area contributed by atoms with Gasteiger partial charge in [0, 0.05) is 17.1 Å². The number of amides is 1. The Hall–Kier alpha value is -1.51. The summed E-state index contributed by atoms with van der Waals surface area (Å²) < 4.78 is 24.1. The molecule has 32 heavy (non-hydrogen) atoms. The van der Waals surface area contributed by atoms with Gasteiger partial charge in [0.05, 0.1) is 11.2 Å². The smallest absolute Gasteiger partial charge is 0.468 e. The van der Waals surface area contributed by atoms with Crippen molar-refractivity contribution in [3.63, 3.8) is 0 Å². The van der Waals surface area contributed by atoms with Crippen LogP contribution in [-0.2, 0) is 14.0 Å². The fourth-order valence-corrected chi connectivity index (χ4v) is 4.43. The summed E-state index contributed by atoms with van der Waals surface area (Å²) in [6, 6.07) is 1.74. The maximum absolute atomic E-state index is 11.7. The Morgan fingerprint density at radius 3 is 2.12 bits per heavy atom. The molecule has 0 saturated carbocycles. The fourth-order valence-electron chi connectivity index (χ4n) is 4.21. The van der Waals surface area contributed by atoms with E-state index in [-0.39, 0.29) is 11.8 Å². The molecule has 180 valence electrons. The highest BCUT2D eigenvalue weighted by molar-refractivity contribution is 6.62. The normalized spacial score (nSPS) is 20.7. The van der Waals surface area contributed by atoms with Crippen molar-refractivity contribution in [1.82, 2.24) is 4.98 Å². The molecule has 1 saturated heterocycles. The lowest BCUT2D eigenvalue weighted by molar-refractivity contribution is -0.108. The molecule has 1 fully saturated rings. The summed E-state index contributed by atoms with van der Waals surface area (Å²) in [7, 11) is -0.582. The SMILES string of the molecule is CC(C)CC(C)(OC(N)=O)[C@@H](Oc1ncc(B2OC(C)(C)C(C)(C)O2)cc1Cl)C(C)(C)C. The number of hydrogen-bond donors (Lipinski definition) is 1. The number of carbonyl (C=O) groups is 1. The fraction of sp³-hybridized carbons (Fsp3) is 0.739. The number of primary amides is 1. The molecule has 0 aromatic carbocycles. The van der Waals surface area contributed by atoms with E-state index in [2.05, 4.69) is 4.98 Å². The standard InChI is InChI=1S/C23H38BClN2O5/c1-14(2)12-23(10,30-19(26)28)18(20(3,4)5)29-17-16(25)11-15(13-27-17)24-31-21(6,7)22(8,9)32-24/h11,13-14,18H,12H2,1-10H3,(H2,26,28)/t18-,23?/m0/s1. The molecule has 0 aliphatic carbocycles. The van der Waals surface area contributed by atoms with Gasteiger partial charge in [0.15, 0.2) is 0 Å². The third-order valence-corrected chi connectivity index (χ3v) is 6.34. The highest BCUT2D eigenvalue weighted by atomic mass is 35.5. The number of hydrogen-bond acceptors (Lipinski definition) is 6. The van der Waals surface area contributed by atoms with Gasteiger partial charge in [-0.3, -0.25) is 0 Å². The van der Waals surface area contributed by atoms with E-state index < -0.39 is 41.5 Å². The number of halogens is 1. The summed E-state index contributed by atoms with van der Waals surface area (Å²) in [5.41, 5.74) is 3.78. The molecule has 9 heteroatoms. The average Bonchev–Trinajstić information content (AvgIpc) is 2.78. The first-order chi connectivity index (χ1) is 14.4. The molecule has 2 N–H and O–H groups in total. The molecular weight excluding hydrogens is 431 g/mol. The minimum Gasteiger partial charge on any atom is -0.468 e. The topological polar surface area (TPSA) is 92.9 Å². The molecule has 0 spiro atoms. The van der Waals surface area contributed by atoms with Crippen LogP contribution in [0, 0.1) is 11.3 Å². The summed E-state index contributed by atoms with van der Waals surface area (Å²) >= 11 is 6.57. The number of nitrogens with zero attached hydrogens (tertiary/aromatic N) is 1. The van der Waals surface area contributed by atoms with Gasteiger partial charge in [0.25, 0.3) is 0 Å². The second kappa shape index (κ2) is 9.03. The number of rotatable bonds is 7. The summed E-state index contributed by atoms with van der Waals surface area (Å²) in [5, 5.41) is 0.317. The second-order valence-electron chi connectivity index (χ2n) is 11.3. The van der Waals surface area contributed by atoms with Crippen LogP contribution in [0.4, 0.5) is 4.79 Å². The number of carbonyl (C=O) groups excluding carboxylic acids is 1. The minimum absolute atomic E-state index is 0.238. The molecule has 2 atom stereocenters. The molecule has 1 aromatic rings. The Balaban J connectivity index is 2.36. The molecule has 1 aliphatic rings. The van der Waals surface area contributed by atoms with Gasteiger partial charge in [0.1, 0.15) is 16.7 Å². The second-order valence-corrected chi connectivity index (χ2v) is 11.7. The quantitative estimate of drug-likeness (QED) is 0.582. The van der Waals surface area contributed by atoms with Crippen LogP contribution in [0.25, 0.3) is 0 Å². The van der Waals surface area contributed by atoms with Gasteiger partial charge in [-0.1, -0.05) is 46.2 Å². The van der Waals surface area contributed by atoms with E-state index in [0.29, 0.717) is 16.9 Å². The summed E-state index contributed by atoms with van der Waals surface area (Å²) in [4.78, 5) is 16.2. The Labute approximate surface area is 197 Å². The van der Waals surface area contributed by atoms with E-state index in [1.54, 1.807) is 12.3 Å². The van der Waals surface area contributed by atoms with Gasteiger partial charge < -0.3 is 24.5 Å². The molecule has 2 heterocycles. The molecule has 1 aliphatic heterocycles. The highest BCUT2D eigenvalue weighted by Crippen LogP contribution is 2.40. The zero-order valence-electron chi connectivity index (χ0n) is 21.0. The molecule has 0 radical (unpaired) electrons. The van der Waals surface area contributed by atoms with Crippen molar-refractivity contribution >= 4 is 30.3 Å². The van der Waals surface area contributed by atoms with Gasteiger partial charge in [-0.15, -0.1) is 0 Å². The molecule has 1 amide bonds. The van der Waals surface area contributed by atoms with E-state index in [0.717, 1.165) is 0 Å². The number of pyridine rings is 1. The zero-order chi connectivity index (χ0) is 24.7. The summed E-state index contributed by atoms with van der Waals surface area (Å²) in [6.07, 6.45) is 0.790. The first-order valence-electron chi connectivity index (χ1n) is 11.0. The average molecular weight is 469 g/mol. The lowest BCUT2D eigenvalue weighted by Gasteiger charge is -2.44. The third-order valence-electron chi connectivity index (χ3n) is 6.07. The number of ether oxygens (including phenoxy) is 2. The van der Waals surface area contributed by atoms with Gasteiger partial charge in [-0.2, -0.15) is 0 Å². The molecular formula is C23H38BClN2O5. The van der Waals surface area contributed by atoms with Crippen molar-refractivity contribution in [2.24, 2.45) is 17.1 Å². The van der Waals surface area contributed by atoms with Crippen molar-refractivity contribution in [3.8, 4) is 5.88 Å². The van der Waals surface area contributed by atoms with Crippen molar-refractivity contribution in [2.75, 3.05) is 0 Å². The molecule has 7 nitrogen and oxygen atoms in total. The van der Waals surface area contributed by atoms with Gasteiger partial charge in [-0.05, 0) is 53.0 Å². The first-order valence-corrected chi connectivity index (χ1v) is 11.4. The van der Waals surface area contributed by atoms with Crippen LogP contribution in [0.1, 0.15) is 75.7 Å². The van der Waals surface area contributed by atoms with Crippen LogP contribution in [0.2, 0.25) is 5.02 Å². The van der Waals surface area contributed by atoms with Crippen LogP contribution in [0.3, 0.4) is 0 Å². The lowest BCUT2D eigenvalue weighted by Crippen LogP contribution is -2.55. The van der Waals surface area contributed by atoms with Crippen molar-refractivity contribution in [3.05, 3.63) is 17.3 Å². The largest absolute Gasteiger partial charge is 0.496 e. The van der Waals surface area contributed by atoms with E-state index in [4.69, 9.17) is 36.1 Å². The van der Waals surface area contributed by atoms with E-state index in [9.17, 15) is 4.79 Å². The van der Waals surface area contributed by atoms with E-state index in [1.165, 1.54) is 0 Å². The molecule has 0 bridgehead atoms. The number of aromatic nitrogens is 1. The van der Waals surface area contributed by atoms with Crippen LogP contribution in [-0.4, -0.2) is 41.1 Å². The van der Waals surface area contributed by atoms with Crippen LogP contribution < -0.4 is 15.9 Å². The highest BCUT2D eigenvalue weighted by Gasteiger charge is 2.52. The maximum atomic E-state index is 11.7. The Kier molecular flexibility index (Phi) is 7.55. The third kappa shape index (κ3) is 5.89. The first kappa shape index (κ1) is 26.7. The maximum Gasteiger partial charge on any atom is 0.496 e. The van der Waals surface area contributed by atoms with Crippen molar-refractivity contribution in [1.29, 1.82) is 0 Å². The monoisotopic (exact) mass is 468 g/mol. The van der Waals surface area contributed by atoms with E-state index >= 15 is 0 Å². The van der Waals surface area contributed by atoms with Crippen LogP contribution in [0.15, 0.2) is 12.3 Å². The predicted molar refractivity (Wildman–Crippen MR) is 127 cm³/mol. The van der Waals surface area contributed by atoms with Crippen molar-refractivity contribution in [2.45, 2.75) is 98.6 Å². The Morgan fingerprint density at radius 1 is 1.19 bits per heavy atom. The van der Waals surface area contributed by atoms with Gasteiger partial charge >= 0.3 is 13.2 Å². The van der Waals surface area contributed by atoms with Gasteiger partial charge in [-0.25, -0.2) is 9.78 Å². The predicted octanol–water partition coefficient (Wildman–Crippen LogP) is 4.73. The van der Waals surface area contributed by atoms with Gasteiger partial charge in [0.2, 0.25) is 5.88 Å². The Morgan fingerprint density at radius 2 is 1.72 bits per heavy atom. The van der Waals surface area contributed by atoms with Crippen molar-refractivity contribution < 1.29 is 23.6 Å². The minimum atomic E-state index is -0.979. The Bertz CT molecular complexity index is 824. The van der Waals surface area contributed by atoms with Crippen LogP contribution >= 0.6 is 11.6 Å². The lowest BCUT2D eigenvalue weighted by atomic mass is 9.75.